The van der Waals surface area contributed by atoms with Gasteiger partial charge in [-0.25, -0.2) is 0 Å². The molecule has 1 saturated heterocycles. The van der Waals surface area contributed by atoms with E-state index in [1.54, 1.807) is 7.11 Å². The number of nitrogens with zero attached hydrogens (tertiary/aromatic N) is 1. The Kier molecular flexibility index (Phi) is 3.75. The molecule has 1 fully saturated rings. The highest BCUT2D eigenvalue weighted by Crippen LogP contribution is 2.40. The normalized spacial score (nSPS) is 22.4. The van der Waals surface area contributed by atoms with Crippen LogP contribution < -0.4 is 19.7 Å². The molecule has 0 radical (unpaired) electrons. The van der Waals surface area contributed by atoms with Gasteiger partial charge in [0.25, 0.3) is 0 Å². The van der Waals surface area contributed by atoms with Crippen molar-refractivity contribution in [2.75, 3.05) is 51.4 Å². The summed E-state index contributed by atoms with van der Waals surface area (Å²) in [7, 11) is 1.68. The van der Waals surface area contributed by atoms with Gasteiger partial charge < -0.3 is 24.4 Å². The number of piperazine rings is 1. The number of para-hydroxylation sites is 1. The van der Waals surface area contributed by atoms with Gasteiger partial charge in [-0.3, -0.25) is 0 Å². The Morgan fingerprint density at radius 2 is 2.21 bits per heavy atom. The van der Waals surface area contributed by atoms with Crippen molar-refractivity contribution in [2.24, 2.45) is 0 Å². The predicted molar refractivity (Wildman–Crippen MR) is 73.3 cm³/mol. The fraction of sp³-hybridized carbons (Fsp3) is 0.571. The monoisotopic (exact) mass is 264 g/mol. The van der Waals surface area contributed by atoms with E-state index in [0.29, 0.717) is 13.2 Å². The molecule has 1 atom stereocenters. The highest BCUT2D eigenvalue weighted by atomic mass is 16.6. The fourth-order valence-electron chi connectivity index (χ4n) is 2.55. The molecule has 2 aliphatic heterocycles. The lowest BCUT2D eigenvalue weighted by Crippen LogP contribution is -2.44. The molecule has 0 bridgehead atoms. The molecular weight excluding hydrogens is 244 g/mol. The molecule has 2 aliphatic rings. The number of methoxy groups -OCH3 is 1. The summed E-state index contributed by atoms with van der Waals surface area (Å²) in [6.07, 6.45) is -0.0178. The van der Waals surface area contributed by atoms with E-state index in [9.17, 15) is 0 Å². The molecule has 2 heterocycles. The van der Waals surface area contributed by atoms with Crippen LogP contribution >= 0.6 is 0 Å². The quantitative estimate of drug-likeness (QED) is 0.878. The Hall–Kier alpha value is -1.46. The summed E-state index contributed by atoms with van der Waals surface area (Å²) in [4.78, 5) is 2.34. The van der Waals surface area contributed by atoms with Crippen LogP contribution in [0.2, 0.25) is 0 Å². The third-order valence-electron chi connectivity index (χ3n) is 3.48. The van der Waals surface area contributed by atoms with Crippen molar-refractivity contribution in [3.05, 3.63) is 18.2 Å². The topological polar surface area (TPSA) is 43.0 Å². The van der Waals surface area contributed by atoms with Gasteiger partial charge in [0.1, 0.15) is 6.61 Å². The van der Waals surface area contributed by atoms with Crippen LogP contribution in [0.25, 0.3) is 0 Å². The van der Waals surface area contributed by atoms with Crippen molar-refractivity contribution in [3.63, 3.8) is 0 Å². The van der Waals surface area contributed by atoms with Gasteiger partial charge in [-0.2, -0.15) is 0 Å². The molecule has 1 aromatic carbocycles. The number of nitrogens with one attached hydrogen (secondary N) is 1. The number of rotatable bonds is 3. The zero-order chi connectivity index (χ0) is 13.1. The molecule has 0 saturated carbocycles. The Bertz CT molecular complexity index is 433. The van der Waals surface area contributed by atoms with Gasteiger partial charge in [0.2, 0.25) is 0 Å². The van der Waals surface area contributed by atoms with E-state index in [0.717, 1.165) is 43.4 Å². The van der Waals surface area contributed by atoms with E-state index in [4.69, 9.17) is 14.2 Å². The number of hydrogen-bond acceptors (Lipinski definition) is 5. The lowest BCUT2D eigenvalue weighted by Gasteiger charge is -2.34. The second-order valence-corrected chi connectivity index (χ2v) is 4.85. The Morgan fingerprint density at radius 1 is 1.37 bits per heavy atom. The number of hydrogen-bond donors (Lipinski definition) is 1. The van der Waals surface area contributed by atoms with Crippen molar-refractivity contribution in [2.45, 2.75) is 6.10 Å². The third-order valence-corrected chi connectivity index (χ3v) is 3.48. The van der Waals surface area contributed by atoms with Crippen molar-refractivity contribution >= 4 is 5.69 Å². The number of benzene rings is 1. The number of fused-ring (bicyclic) bond motifs is 1. The zero-order valence-electron chi connectivity index (χ0n) is 11.2. The zero-order valence-corrected chi connectivity index (χ0v) is 11.2. The van der Waals surface area contributed by atoms with Gasteiger partial charge in [0, 0.05) is 33.3 Å². The summed E-state index contributed by atoms with van der Waals surface area (Å²) in [5.41, 5.74) is 1.13. The Balaban J connectivity index is 1.81. The maximum Gasteiger partial charge on any atom is 0.184 e. The van der Waals surface area contributed by atoms with Crippen molar-refractivity contribution in [3.8, 4) is 11.5 Å². The average molecular weight is 264 g/mol. The molecule has 1 aromatic rings. The second kappa shape index (κ2) is 5.67. The molecule has 0 spiro atoms. The SMILES string of the molecule is COCC1COc2c(cccc2N2CCNCC2)O1. The molecule has 3 rings (SSSR count). The van der Waals surface area contributed by atoms with E-state index < -0.39 is 0 Å². The summed E-state index contributed by atoms with van der Waals surface area (Å²) < 4.78 is 16.9. The highest BCUT2D eigenvalue weighted by Gasteiger charge is 2.25. The van der Waals surface area contributed by atoms with E-state index >= 15 is 0 Å². The summed E-state index contributed by atoms with van der Waals surface area (Å²) in [5.74, 6) is 1.70. The van der Waals surface area contributed by atoms with Crippen LogP contribution in [0.4, 0.5) is 5.69 Å². The minimum absolute atomic E-state index is 0.0178. The first kappa shape index (κ1) is 12.6. The molecular formula is C14H20N2O3. The fourth-order valence-corrected chi connectivity index (χ4v) is 2.55. The highest BCUT2D eigenvalue weighted by molar-refractivity contribution is 5.65. The van der Waals surface area contributed by atoms with Gasteiger partial charge in [-0.15, -0.1) is 0 Å². The summed E-state index contributed by atoms with van der Waals surface area (Å²) in [5, 5.41) is 3.36. The first-order valence-electron chi connectivity index (χ1n) is 6.75. The maximum absolute atomic E-state index is 5.91. The molecule has 1 N–H and O–H groups in total. The lowest BCUT2D eigenvalue weighted by molar-refractivity contribution is 0.0274. The van der Waals surface area contributed by atoms with Crippen LogP contribution in [-0.4, -0.2) is 52.6 Å². The van der Waals surface area contributed by atoms with E-state index in [1.165, 1.54) is 0 Å². The average Bonchev–Trinajstić information content (AvgIpc) is 2.48. The maximum atomic E-state index is 5.91. The van der Waals surface area contributed by atoms with Crippen molar-refractivity contribution in [1.82, 2.24) is 5.32 Å². The van der Waals surface area contributed by atoms with E-state index in [2.05, 4.69) is 16.3 Å². The lowest BCUT2D eigenvalue weighted by atomic mass is 10.2. The number of ether oxygens (including phenoxy) is 3. The Morgan fingerprint density at radius 3 is 3.00 bits per heavy atom. The largest absolute Gasteiger partial charge is 0.484 e. The molecule has 104 valence electrons. The Labute approximate surface area is 113 Å². The first-order valence-corrected chi connectivity index (χ1v) is 6.75. The van der Waals surface area contributed by atoms with Crippen molar-refractivity contribution < 1.29 is 14.2 Å². The number of anilines is 1. The summed E-state index contributed by atoms with van der Waals surface area (Å²) >= 11 is 0. The van der Waals surface area contributed by atoms with Gasteiger partial charge in [0.15, 0.2) is 17.6 Å². The van der Waals surface area contributed by atoms with Crippen molar-refractivity contribution in [1.29, 1.82) is 0 Å². The van der Waals surface area contributed by atoms with E-state index in [-0.39, 0.29) is 6.10 Å². The van der Waals surface area contributed by atoms with E-state index in [1.807, 2.05) is 12.1 Å². The van der Waals surface area contributed by atoms with Crippen LogP contribution in [0.1, 0.15) is 0 Å². The molecule has 19 heavy (non-hydrogen) atoms. The van der Waals surface area contributed by atoms with Crippen LogP contribution in [0.3, 0.4) is 0 Å². The summed E-state index contributed by atoms with van der Waals surface area (Å²) in [6, 6.07) is 6.09. The van der Waals surface area contributed by atoms with Crippen LogP contribution in [0.15, 0.2) is 18.2 Å². The smallest absolute Gasteiger partial charge is 0.184 e. The van der Waals surface area contributed by atoms with Gasteiger partial charge in [-0.05, 0) is 12.1 Å². The first-order chi connectivity index (χ1) is 9.38. The van der Waals surface area contributed by atoms with Gasteiger partial charge in [-0.1, -0.05) is 6.07 Å². The van der Waals surface area contributed by atoms with Gasteiger partial charge in [0.05, 0.1) is 12.3 Å². The van der Waals surface area contributed by atoms with Crippen LogP contribution in [0, 0.1) is 0 Å². The third kappa shape index (κ3) is 2.62. The molecule has 1 unspecified atom stereocenters. The molecule has 0 aromatic heterocycles. The minimum Gasteiger partial charge on any atom is -0.484 e. The molecule has 5 nitrogen and oxygen atoms in total. The van der Waals surface area contributed by atoms with Crippen LogP contribution in [-0.2, 0) is 4.74 Å². The molecule has 0 aliphatic carbocycles. The minimum atomic E-state index is -0.0178. The second-order valence-electron chi connectivity index (χ2n) is 4.85. The van der Waals surface area contributed by atoms with Crippen LogP contribution in [0.5, 0.6) is 11.5 Å². The molecule has 0 amide bonds. The standard InChI is InChI=1S/C14H20N2O3/c1-17-9-11-10-18-14-12(3-2-4-13(14)19-11)16-7-5-15-6-8-16/h2-4,11,15H,5-10H2,1H3. The van der Waals surface area contributed by atoms with Gasteiger partial charge >= 0.3 is 0 Å². The summed E-state index contributed by atoms with van der Waals surface area (Å²) in [6.45, 7) is 5.12. The predicted octanol–water partition coefficient (Wildman–Crippen LogP) is 0.882. The molecule has 5 heteroatoms.